The highest BCUT2D eigenvalue weighted by Crippen LogP contribution is 2.29. The Bertz CT molecular complexity index is 540. The predicted molar refractivity (Wildman–Crippen MR) is 72.5 cm³/mol. The quantitative estimate of drug-likeness (QED) is 0.725. The van der Waals surface area contributed by atoms with Gasteiger partial charge in [0, 0.05) is 30.4 Å². The van der Waals surface area contributed by atoms with Crippen LogP contribution in [-0.2, 0) is 6.54 Å². The van der Waals surface area contributed by atoms with Gasteiger partial charge in [-0.3, -0.25) is 5.10 Å². The second kappa shape index (κ2) is 5.60. The van der Waals surface area contributed by atoms with Crippen LogP contribution < -0.4 is 15.8 Å². The second-order valence-electron chi connectivity index (χ2n) is 4.50. The van der Waals surface area contributed by atoms with Gasteiger partial charge in [-0.15, -0.1) is 0 Å². The number of nitrogens with two attached hydrogens (primary N) is 1. The minimum atomic E-state index is -0.458. The normalized spacial score (nSPS) is 10.7. The first-order valence-corrected chi connectivity index (χ1v) is 6.03. The molecule has 0 saturated carbocycles. The van der Waals surface area contributed by atoms with Crippen molar-refractivity contribution in [3.05, 3.63) is 35.9 Å². The van der Waals surface area contributed by atoms with Crippen LogP contribution in [0.1, 0.15) is 19.4 Å². The molecule has 102 valence electrons. The smallest absolute Gasteiger partial charge is 0.167 e. The Labute approximate surface area is 111 Å². The molecule has 0 radical (unpaired) electrons. The van der Waals surface area contributed by atoms with Crippen LogP contribution in [0.5, 0.6) is 5.75 Å². The van der Waals surface area contributed by atoms with Gasteiger partial charge < -0.3 is 15.8 Å². The zero-order valence-electron chi connectivity index (χ0n) is 10.9. The first-order valence-electron chi connectivity index (χ1n) is 6.03. The Morgan fingerprint density at radius 1 is 1.47 bits per heavy atom. The van der Waals surface area contributed by atoms with Crippen molar-refractivity contribution in [3.63, 3.8) is 0 Å². The monoisotopic (exact) mass is 264 g/mol. The summed E-state index contributed by atoms with van der Waals surface area (Å²) in [5.41, 5.74) is 7.74. The SMILES string of the molecule is CC(C)Oc1cc(NCc2cn[nH]c2)c(N)cc1F. The van der Waals surface area contributed by atoms with E-state index in [1.165, 1.54) is 6.07 Å². The van der Waals surface area contributed by atoms with E-state index < -0.39 is 5.82 Å². The van der Waals surface area contributed by atoms with E-state index in [-0.39, 0.29) is 11.9 Å². The Morgan fingerprint density at radius 2 is 2.26 bits per heavy atom. The Hall–Kier alpha value is -2.24. The molecule has 1 aromatic heterocycles. The Kier molecular flexibility index (Phi) is 3.89. The summed E-state index contributed by atoms with van der Waals surface area (Å²) in [5, 5.41) is 9.69. The molecule has 1 heterocycles. The van der Waals surface area contributed by atoms with Gasteiger partial charge in [-0.2, -0.15) is 5.10 Å². The summed E-state index contributed by atoms with van der Waals surface area (Å²) in [6, 6.07) is 2.83. The lowest BCUT2D eigenvalue weighted by atomic mass is 10.2. The lowest BCUT2D eigenvalue weighted by Crippen LogP contribution is -2.09. The average Bonchev–Trinajstić information content (AvgIpc) is 2.83. The van der Waals surface area contributed by atoms with Crippen molar-refractivity contribution in [2.24, 2.45) is 0 Å². The number of nitrogens with one attached hydrogen (secondary N) is 2. The van der Waals surface area contributed by atoms with Crippen LogP contribution in [0.25, 0.3) is 0 Å². The topological polar surface area (TPSA) is 76.0 Å². The number of nitrogen functional groups attached to an aromatic ring is 1. The van der Waals surface area contributed by atoms with Gasteiger partial charge in [0.05, 0.1) is 23.7 Å². The van der Waals surface area contributed by atoms with E-state index in [0.717, 1.165) is 5.56 Å². The maximum atomic E-state index is 13.7. The van der Waals surface area contributed by atoms with E-state index in [2.05, 4.69) is 15.5 Å². The van der Waals surface area contributed by atoms with Gasteiger partial charge in [-0.25, -0.2) is 4.39 Å². The molecule has 0 bridgehead atoms. The molecule has 5 nitrogen and oxygen atoms in total. The fraction of sp³-hybridized carbons (Fsp3) is 0.308. The van der Waals surface area contributed by atoms with Crippen LogP contribution in [0.15, 0.2) is 24.5 Å². The molecule has 0 atom stereocenters. The number of anilines is 2. The lowest BCUT2D eigenvalue weighted by Gasteiger charge is -2.14. The number of aromatic amines is 1. The zero-order valence-corrected chi connectivity index (χ0v) is 10.9. The van der Waals surface area contributed by atoms with E-state index in [1.807, 2.05) is 13.8 Å². The molecule has 0 amide bonds. The van der Waals surface area contributed by atoms with Gasteiger partial charge in [0.1, 0.15) is 0 Å². The zero-order chi connectivity index (χ0) is 13.8. The average molecular weight is 264 g/mol. The summed E-state index contributed by atoms with van der Waals surface area (Å²) in [6.45, 7) is 4.23. The molecular weight excluding hydrogens is 247 g/mol. The fourth-order valence-corrected chi connectivity index (χ4v) is 1.64. The molecule has 0 spiro atoms. The third-order valence-corrected chi connectivity index (χ3v) is 2.50. The van der Waals surface area contributed by atoms with E-state index in [9.17, 15) is 4.39 Å². The molecule has 0 saturated heterocycles. The lowest BCUT2D eigenvalue weighted by molar-refractivity contribution is 0.231. The summed E-state index contributed by atoms with van der Waals surface area (Å²) in [5.74, 6) is -0.265. The number of rotatable bonds is 5. The highest BCUT2D eigenvalue weighted by Gasteiger charge is 2.10. The van der Waals surface area contributed by atoms with Crippen LogP contribution in [0.3, 0.4) is 0 Å². The molecule has 0 aliphatic heterocycles. The molecule has 2 rings (SSSR count). The molecule has 0 aliphatic carbocycles. The highest BCUT2D eigenvalue weighted by atomic mass is 19.1. The third kappa shape index (κ3) is 3.37. The third-order valence-electron chi connectivity index (χ3n) is 2.50. The van der Waals surface area contributed by atoms with Gasteiger partial charge in [-0.1, -0.05) is 0 Å². The first-order chi connectivity index (χ1) is 9.06. The molecule has 6 heteroatoms. The molecule has 19 heavy (non-hydrogen) atoms. The van der Waals surface area contributed by atoms with Gasteiger partial charge in [0.15, 0.2) is 11.6 Å². The van der Waals surface area contributed by atoms with Gasteiger partial charge in [-0.05, 0) is 13.8 Å². The first kappa shape index (κ1) is 13.2. The van der Waals surface area contributed by atoms with E-state index in [4.69, 9.17) is 10.5 Å². The fourth-order valence-electron chi connectivity index (χ4n) is 1.64. The maximum absolute atomic E-state index is 13.7. The van der Waals surface area contributed by atoms with Crippen molar-refractivity contribution in [3.8, 4) is 5.75 Å². The van der Waals surface area contributed by atoms with Crippen molar-refractivity contribution in [1.29, 1.82) is 0 Å². The number of hydrogen-bond acceptors (Lipinski definition) is 4. The van der Waals surface area contributed by atoms with Gasteiger partial charge in [0.2, 0.25) is 0 Å². The van der Waals surface area contributed by atoms with Crippen LogP contribution >= 0.6 is 0 Å². The minimum absolute atomic E-state index is 0.0974. The van der Waals surface area contributed by atoms with Crippen molar-refractivity contribution in [2.75, 3.05) is 11.1 Å². The number of ether oxygens (including phenoxy) is 1. The number of benzene rings is 1. The van der Waals surface area contributed by atoms with Crippen molar-refractivity contribution >= 4 is 11.4 Å². The largest absolute Gasteiger partial charge is 0.488 e. The van der Waals surface area contributed by atoms with Crippen LogP contribution in [0, 0.1) is 5.82 Å². The highest BCUT2D eigenvalue weighted by molar-refractivity contribution is 5.68. The van der Waals surface area contributed by atoms with E-state index >= 15 is 0 Å². The molecule has 0 aliphatic rings. The van der Waals surface area contributed by atoms with Gasteiger partial charge in [0.25, 0.3) is 0 Å². The van der Waals surface area contributed by atoms with Crippen molar-refractivity contribution in [2.45, 2.75) is 26.5 Å². The molecule has 4 N–H and O–H groups in total. The summed E-state index contributed by atoms with van der Waals surface area (Å²) in [7, 11) is 0. The van der Waals surface area contributed by atoms with Crippen molar-refractivity contribution < 1.29 is 9.13 Å². The second-order valence-corrected chi connectivity index (χ2v) is 4.50. The van der Waals surface area contributed by atoms with Crippen LogP contribution in [0.2, 0.25) is 0 Å². The number of halogens is 1. The number of nitrogens with zero attached hydrogens (tertiary/aromatic N) is 1. The number of H-pyrrole nitrogens is 1. The molecule has 0 unspecified atom stereocenters. The molecule has 1 aromatic carbocycles. The van der Waals surface area contributed by atoms with E-state index in [0.29, 0.717) is 17.9 Å². The minimum Gasteiger partial charge on any atom is -0.488 e. The number of hydrogen-bond donors (Lipinski definition) is 3. The van der Waals surface area contributed by atoms with Gasteiger partial charge >= 0.3 is 0 Å². The summed E-state index contributed by atoms with van der Waals surface area (Å²) >= 11 is 0. The summed E-state index contributed by atoms with van der Waals surface area (Å²) in [6.07, 6.45) is 3.39. The molecular formula is C13H17FN4O. The standard InChI is InChI=1S/C13H17FN4O/c1-8(2)19-13-4-12(11(15)3-10(13)14)16-5-9-6-17-18-7-9/h3-4,6-8,16H,5,15H2,1-2H3,(H,17,18). The summed E-state index contributed by atoms with van der Waals surface area (Å²) < 4.78 is 19.0. The Morgan fingerprint density at radius 3 is 2.89 bits per heavy atom. The van der Waals surface area contributed by atoms with Crippen LogP contribution in [0.4, 0.5) is 15.8 Å². The number of aromatic nitrogens is 2. The molecule has 2 aromatic rings. The van der Waals surface area contributed by atoms with E-state index in [1.54, 1.807) is 18.5 Å². The van der Waals surface area contributed by atoms with Crippen LogP contribution in [-0.4, -0.2) is 16.3 Å². The Balaban J connectivity index is 2.15. The summed E-state index contributed by atoms with van der Waals surface area (Å²) in [4.78, 5) is 0. The predicted octanol–water partition coefficient (Wildman–Crippen LogP) is 2.53. The van der Waals surface area contributed by atoms with Crippen molar-refractivity contribution in [1.82, 2.24) is 10.2 Å². The molecule has 0 fully saturated rings. The maximum Gasteiger partial charge on any atom is 0.167 e.